The summed E-state index contributed by atoms with van der Waals surface area (Å²) in [6, 6.07) is 3.61. The predicted molar refractivity (Wildman–Crippen MR) is 92.9 cm³/mol. The van der Waals surface area contributed by atoms with E-state index in [0.717, 1.165) is 5.56 Å². The van der Waals surface area contributed by atoms with Crippen LogP contribution >= 0.6 is 11.3 Å². The molecule has 0 fully saturated rings. The van der Waals surface area contributed by atoms with Gasteiger partial charge in [-0.3, -0.25) is 9.59 Å². The van der Waals surface area contributed by atoms with Crippen molar-refractivity contribution in [3.8, 4) is 16.5 Å². The Morgan fingerprint density at radius 3 is 3.00 bits per heavy atom. The Hall–Kier alpha value is -2.32. The van der Waals surface area contributed by atoms with E-state index in [9.17, 15) is 9.59 Å². The zero-order chi connectivity index (χ0) is 17.5. The molecule has 2 aromatic heterocycles. The molecule has 0 aromatic carbocycles. The monoisotopic (exact) mass is 361 g/mol. The molecular weight excluding hydrogens is 342 g/mol. The Morgan fingerprint density at radius 1 is 1.16 bits per heavy atom. The van der Waals surface area contributed by atoms with Crippen molar-refractivity contribution in [3.05, 3.63) is 29.4 Å². The van der Waals surface area contributed by atoms with E-state index in [-0.39, 0.29) is 11.7 Å². The maximum Gasteiger partial charge on any atom is 0.270 e. The fraction of sp³-hybridized carbons (Fsp3) is 0.412. The molecule has 0 unspecified atom stereocenters. The van der Waals surface area contributed by atoms with Crippen LogP contribution in [0.2, 0.25) is 0 Å². The van der Waals surface area contributed by atoms with Gasteiger partial charge in [0.15, 0.2) is 0 Å². The highest BCUT2D eigenvalue weighted by Gasteiger charge is 2.13. The minimum Gasteiger partial charge on any atom is -0.475 e. The highest BCUT2D eigenvalue weighted by Crippen LogP contribution is 2.25. The van der Waals surface area contributed by atoms with Crippen LogP contribution in [-0.2, 0) is 9.53 Å². The quantitative estimate of drug-likeness (QED) is 0.773. The number of carbonyl (C=O) groups is 2. The number of hydrogen-bond acceptors (Lipinski definition) is 7. The molecule has 0 radical (unpaired) electrons. The van der Waals surface area contributed by atoms with Crippen molar-refractivity contribution in [2.75, 3.05) is 26.4 Å². The summed E-state index contributed by atoms with van der Waals surface area (Å²) in [5, 5.41) is 5.15. The molecule has 0 saturated heterocycles. The molecule has 8 heteroatoms. The van der Waals surface area contributed by atoms with Crippen molar-refractivity contribution >= 4 is 23.0 Å². The molecule has 3 heterocycles. The lowest BCUT2D eigenvalue weighted by Gasteiger charge is -2.08. The molecule has 0 saturated carbocycles. The standard InChI is InChI=1S/C17H19N3O4S/c21-13-2-1-7-23-8-9-24-15-10-12(3-5-18-15)17-20-14(11-25-17)16(22)19-6-4-13/h3,5,10-11H,1-2,4,6-9H2,(H,19,22). The summed E-state index contributed by atoms with van der Waals surface area (Å²) < 4.78 is 11.0. The molecule has 1 N–H and O–H groups in total. The average molecular weight is 361 g/mol. The Kier molecular flexibility index (Phi) is 6.08. The molecule has 25 heavy (non-hydrogen) atoms. The van der Waals surface area contributed by atoms with Crippen LogP contribution in [0.15, 0.2) is 23.7 Å². The van der Waals surface area contributed by atoms with Gasteiger partial charge in [-0.1, -0.05) is 0 Å². The van der Waals surface area contributed by atoms with E-state index in [2.05, 4.69) is 15.3 Å². The van der Waals surface area contributed by atoms with Gasteiger partial charge in [-0.25, -0.2) is 9.97 Å². The van der Waals surface area contributed by atoms with Crippen molar-refractivity contribution in [1.82, 2.24) is 15.3 Å². The number of pyridine rings is 1. The van der Waals surface area contributed by atoms with E-state index >= 15 is 0 Å². The minimum absolute atomic E-state index is 0.111. The molecule has 0 aliphatic carbocycles. The Morgan fingerprint density at radius 2 is 2.08 bits per heavy atom. The molecule has 3 rings (SSSR count). The summed E-state index contributed by atoms with van der Waals surface area (Å²) in [6.07, 6.45) is 3.08. The number of hydrogen-bond donors (Lipinski definition) is 1. The zero-order valence-electron chi connectivity index (χ0n) is 13.7. The van der Waals surface area contributed by atoms with Gasteiger partial charge in [0.2, 0.25) is 5.88 Å². The zero-order valence-corrected chi connectivity index (χ0v) is 14.5. The number of Topliss-reactive ketones (excluding diaryl/α,β-unsaturated/α-hetero) is 1. The first-order chi connectivity index (χ1) is 12.2. The SMILES string of the molecule is O=C1CCCOCCOc2cc(ccn2)-c2nc(cs2)C(=O)NCC1. The van der Waals surface area contributed by atoms with E-state index in [1.165, 1.54) is 11.3 Å². The van der Waals surface area contributed by atoms with Gasteiger partial charge in [-0.15, -0.1) is 11.3 Å². The number of ether oxygens (including phenoxy) is 2. The maximum atomic E-state index is 12.1. The van der Waals surface area contributed by atoms with Crippen molar-refractivity contribution in [3.63, 3.8) is 0 Å². The first-order valence-corrected chi connectivity index (χ1v) is 9.03. The summed E-state index contributed by atoms with van der Waals surface area (Å²) in [6.45, 7) is 1.65. The van der Waals surface area contributed by atoms with Crippen LogP contribution in [-0.4, -0.2) is 48.0 Å². The van der Waals surface area contributed by atoms with E-state index in [1.807, 2.05) is 6.07 Å². The summed E-state index contributed by atoms with van der Waals surface area (Å²) in [5.41, 5.74) is 1.19. The van der Waals surface area contributed by atoms with Crippen LogP contribution in [0.4, 0.5) is 0 Å². The van der Waals surface area contributed by atoms with Gasteiger partial charge in [0.25, 0.3) is 5.91 Å². The molecule has 1 aliphatic heterocycles. The van der Waals surface area contributed by atoms with Gasteiger partial charge in [0.05, 0.1) is 6.61 Å². The summed E-state index contributed by atoms with van der Waals surface area (Å²) in [5.74, 6) is 0.322. The Labute approximate surface area is 149 Å². The van der Waals surface area contributed by atoms with E-state index < -0.39 is 0 Å². The lowest BCUT2D eigenvalue weighted by atomic mass is 10.2. The Balaban J connectivity index is 1.75. The smallest absolute Gasteiger partial charge is 0.270 e. The van der Waals surface area contributed by atoms with Crippen molar-refractivity contribution in [2.45, 2.75) is 19.3 Å². The third kappa shape index (κ3) is 5.07. The summed E-state index contributed by atoms with van der Waals surface area (Å²) in [7, 11) is 0. The van der Waals surface area contributed by atoms with Gasteiger partial charge in [0.1, 0.15) is 23.1 Å². The van der Waals surface area contributed by atoms with Gasteiger partial charge in [0, 0.05) is 49.2 Å². The number of rotatable bonds is 0. The van der Waals surface area contributed by atoms with Crippen LogP contribution in [0.5, 0.6) is 5.88 Å². The predicted octanol–water partition coefficient (Wildman–Crippen LogP) is 2.08. The van der Waals surface area contributed by atoms with Crippen LogP contribution in [0.3, 0.4) is 0 Å². The molecule has 1 aliphatic rings. The van der Waals surface area contributed by atoms with Crippen molar-refractivity contribution in [2.24, 2.45) is 0 Å². The second-order valence-corrected chi connectivity index (χ2v) is 6.39. The second kappa shape index (κ2) is 8.68. The number of thiazole rings is 1. The third-order valence-electron chi connectivity index (χ3n) is 3.63. The molecular formula is C17H19N3O4S. The molecule has 4 bridgehead atoms. The van der Waals surface area contributed by atoms with Gasteiger partial charge in [-0.2, -0.15) is 0 Å². The highest BCUT2D eigenvalue weighted by molar-refractivity contribution is 7.13. The summed E-state index contributed by atoms with van der Waals surface area (Å²) in [4.78, 5) is 32.4. The lowest BCUT2D eigenvalue weighted by Crippen LogP contribution is -2.26. The van der Waals surface area contributed by atoms with Crippen molar-refractivity contribution < 1.29 is 19.1 Å². The van der Waals surface area contributed by atoms with Crippen LogP contribution in [0, 0.1) is 0 Å². The fourth-order valence-corrected chi connectivity index (χ4v) is 3.14. The summed E-state index contributed by atoms with van der Waals surface area (Å²) >= 11 is 1.38. The highest BCUT2D eigenvalue weighted by atomic mass is 32.1. The van der Waals surface area contributed by atoms with E-state index in [4.69, 9.17) is 9.47 Å². The van der Waals surface area contributed by atoms with Crippen LogP contribution < -0.4 is 10.1 Å². The van der Waals surface area contributed by atoms with Crippen LogP contribution in [0.25, 0.3) is 10.6 Å². The van der Waals surface area contributed by atoms with Gasteiger partial charge >= 0.3 is 0 Å². The number of amides is 1. The molecule has 0 atom stereocenters. The topological polar surface area (TPSA) is 90.4 Å². The van der Waals surface area contributed by atoms with Gasteiger partial charge in [-0.05, 0) is 12.5 Å². The number of ketones is 1. The third-order valence-corrected chi connectivity index (χ3v) is 4.52. The van der Waals surface area contributed by atoms with Gasteiger partial charge < -0.3 is 14.8 Å². The maximum absolute atomic E-state index is 12.1. The second-order valence-electron chi connectivity index (χ2n) is 5.53. The largest absolute Gasteiger partial charge is 0.475 e. The average Bonchev–Trinajstić information content (AvgIpc) is 3.11. The van der Waals surface area contributed by atoms with Crippen LogP contribution in [0.1, 0.15) is 29.8 Å². The minimum atomic E-state index is -0.273. The molecule has 132 valence electrons. The number of aromatic nitrogens is 2. The number of nitrogens with one attached hydrogen (secondary N) is 1. The molecule has 1 amide bonds. The number of carbonyl (C=O) groups excluding carboxylic acids is 2. The first kappa shape index (κ1) is 17.5. The number of nitrogens with zero attached hydrogens (tertiary/aromatic N) is 2. The first-order valence-electron chi connectivity index (χ1n) is 8.15. The Bertz CT molecular complexity index is 747. The lowest BCUT2D eigenvalue weighted by molar-refractivity contribution is -0.119. The fourth-order valence-electron chi connectivity index (χ4n) is 2.34. The van der Waals surface area contributed by atoms with E-state index in [1.54, 1.807) is 17.6 Å². The molecule has 7 nitrogen and oxygen atoms in total. The van der Waals surface area contributed by atoms with E-state index in [0.29, 0.717) is 62.2 Å². The molecule has 0 spiro atoms. The van der Waals surface area contributed by atoms with Crippen molar-refractivity contribution in [1.29, 1.82) is 0 Å². The normalized spacial score (nSPS) is 17.1. The molecule has 2 aromatic rings. The number of fused-ring (bicyclic) bond motifs is 5.